The van der Waals surface area contributed by atoms with Crippen LogP contribution in [0.4, 0.5) is 11.5 Å². The zero-order valence-corrected chi connectivity index (χ0v) is 14.6. The highest BCUT2D eigenvalue weighted by atomic mass is 16.3. The average molecular weight is 338 g/mol. The van der Waals surface area contributed by atoms with Crippen LogP contribution >= 0.6 is 0 Å². The smallest absolute Gasteiger partial charge is 0.175 e. The number of nitrogens with one attached hydrogen (secondary N) is 1. The molecule has 0 aliphatic rings. The zero-order chi connectivity index (χ0) is 18.4. The predicted molar refractivity (Wildman–Crippen MR) is 102 cm³/mol. The number of hydrogen-bond acceptors (Lipinski definition) is 6. The highest BCUT2D eigenvalue weighted by molar-refractivity contribution is 5.94. The lowest BCUT2D eigenvalue weighted by molar-refractivity contribution is 0.440. The monoisotopic (exact) mass is 338 g/mol. The summed E-state index contributed by atoms with van der Waals surface area (Å²) in [5.41, 5.74) is 2.56. The fourth-order valence-electron chi connectivity index (χ4n) is 2.07. The maximum Gasteiger partial charge on any atom is 0.175 e. The van der Waals surface area contributed by atoms with Gasteiger partial charge in [0.25, 0.3) is 0 Å². The summed E-state index contributed by atoms with van der Waals surface area (Å²) in [5.74, 6) is 0.704. The van der Waals surface area contributed by atoms with Crippen molar-refractivity contribution in [3.8, 4) is 5.75 Å². The zero-order valence-electron chi connectivity index (χ0n) is 14.6. The van der Waals surface area contributed by atoms with Crippen molar-refractivity contribution in [2.45, 2.75) is 0 Å². The minimum absolute atomic E-state index is 0.168. The number of hydrogen-bond donors (Lipinski definition) is 2. The van der Waals surface area contributed by atoms with Crippen molar-refractivity contribution in [3.05, 3.63) is 60.9 Å². The predicted octanol–water partition coefficient (Wildman–Crippen LogP) is 2.44. The Morgan fingerprint density at radius 2 is 2.12 bits per heavy atom. The lowest BCUT2D eigenvalue weighted by Crippen LogP contribution is -2.24. The maximum absolute atomic E-state index is 9.60. The molecule has 7 heteroatoms. The molecule has 0 amide bonds. The standard InChI is InChI=1S/C18H22N6O/c1-13(12-21-23(4)5)14(2)24-10-9-20-17(18(24)19-3)22-15-7-6-8-16(25)11-15/h6-12,25H,1-2H2,3-5H3,(H,20,22)/b19-18?,21-12-. The number of benzene rings is 1. The number of nitrogens with zero attached hydrogens (tertiary/aromatic N) is 5. The Morgan fingerprint density at radius 1 is 1.36 bits per heavy atom. The molecular formula is C18H22N6O. The molecule has 1 aromatic carbocycles. The second-order valence-electron chi connectivity index (χ2n) is 5.43. The number of anilines is 2. The van der Waals surface area contributed by atoms with Crippen molar-refractivity contribution >= 4 is 23.4 Å². The third kappa shape index (κ3) is 4.57. The van der Waals surface area contributed by atoms with Gasteiger partial charge in [0.1, 0.15) is 5.75 Å². The summed E-state index contributed by atoms with van der Waals surface area (Å²) in [7, 11) is 5.33. The van der Waals surface area contributed by atoms with E-state index in [1.165, 1.54) is 0 Å². The molecule has 2 N–H and O–H groups in total. The number of allylic oxidation sites excluding steroid dienone is 2. The first kappa shape index (κ1) is 18.0. The summed E-state index contributed by atoms with van der Waals surface area (Å²) in [6.45, 7) is 8.06. The van der Waals surface area contributed by atoms with E-state index >= 15 is 0 Å². The quantitative estimate of drug-likeness (QED) is 0.482. The van der Waals surface area contributed by atoms with Crippen molar-refractivity contribution in [1.82, 2.24) is 14.6 Å². The second-order valence-corrected chi connectivity index (χ2v) is 5.43. The summed E-state index contributed by atoms with van der Waals surface area (Å²) in [4.78, 5) is 8.64. The van der Waals surface area contributed by atoms with Crippen molar-refractivity contribution < 1.29 is 5.11 Å². The minimum Gasteiger partial charge on any atom is -0.508 e. The molecule has 0 saturated carbocycles. The van der Waals surface area contributed by atoms with Crippen LogP contribution in [-0.4, -0.2) is 47.0 Å². The molecule has 2 rings (SSSR count). The Morgan fingerprint density at radius 3 is 2.76 bits per heavy atom. The average Bonchev–Trinajstić information content (AvgIpc) is 2.58. The second kappa shape index (κ2) is 7.96. The van der Waals surface area contributed by atoms with Gasteiger partial charge in [-0.2, -0.15) is 5.10 Å². The Hall–Kier alpha value is -3.35. The number of hydrazone groups is 1. The maximum atomic E-state index is 9.60. The van der Waals surface area contributed by atoms with Gasteiger partial charge >= 0.3 is 0 Å². The van der Waals surface area contributed by atoms with Gasteiger partial charge < -0.3 is 15.4 Å². The van der Waals surface area contributed by atoms with Crippen LogP contribution in [0.2, 0.25) is 0 Å². The molecule has 1 aromatic heterocycles. The first-order valence-electron chi connectivity index (χ1n) is 7.58. The topological polar surface area (TPSA) is 78.0 Å². The van der Waals surface area contributed by atoms with Gasteiger partial charge in [0.2, 0.25) is 0 Å². The summed E-state index contributed by atoms with van der Waals surface area (Å²) in [5, 5.41) is 18.6. The summed E-state index contributed by atoms with van der Waals surface area (Å²) >= 11 is 0. The van der Waals surface area contributed by atoms with Crippen LogP contribution < -0.4 is 10.8 Å². The lowest BCUT2D eigenvalue weighted by atomic mass is 10.2. The van der Waals surface area contributed by atoms with Crippen LogP contribution in [0, 0.1) is 0 Å². The fraction of sp³-hybridized carbons (Fsp3) is 0.167. The van der Waals surface area contributed by atoms with Gasteiger partial charge in [0.15, 0.2) is 11.3 Å². The lowest BCUT2D eigenvalue weighted by Gasteiger charge is -2.14. The van der Waals surface area contributed by atoms with Gasteiger partial charge in [0.05, 0.1) is 6.21 Å². The van der Waals surface area contributed by atoms with E-state index in [0.29, 0.717) is 28.3 Å². The van der Waals surface area contributed by atoms with Crippen LogP contribution in [0.15, 0.2) is 65.5 Å². The molecule has 1 heterocycles. The van der Waals surface area contributed by atoms with Gasteiger partial charge in [0, 0.05) is 56.6 Å². The molecule has 2 aromatic rings. The number of aromatic nitrogens is 2. The third-order valence-electron chi connectivity index (χ3n) is 3.29. The van der Waals surface area contributed by atoms with Gasteiger partial charge in [-0.25, -0.2) is 4.98 Å². The molecule has 0 saturated heterocycles. The van der Waals surface area contributed by atoms with Crippen LogP contribution in [0.25, 0.3) is 5.70 Å². The SMILES string of the molecule is C=C(/C=N\N(C)C)C(=C)n1ccnc(Nc2cccc(O)c2)c1=NC. The fourth-order valence-corrected chi connectivity index (χ4v) is 2.07. The largest absolute Gasteiger partial charge is 0.508 e. The van der Waals surface area contributed by atoms with Crippen molar-refractivity contribution in [1.29, 1.82) is 0 Å². The van der Waals surface area contributed by atoms with Gasteiger partial charge in [-0.05, 0) is 12.1 Å². The highest BCUT2D eigenvalue weighted by Crippen LogP contribution is 2.18. The first-order valence-corrected chi connectivity index (χ1v) is 7.58. The van der Waals surface area contributed by atoms with Gasteiger partial charge in [-0.3, -0.25) is 9.56 Å². The van der Waals surface area contributed by atoms with E-state index in [4.69, 9.17) is 0 Å². The van der Waals surface area contributed by atoms with E-state index in [1.807, 2.05) is 20.2 Å². The molecule has 0 bridgehead atoms. The van der Waals surface area contributed by atoms with Crippen molar-refractivity contribution in [2.75, 3.05) is 26.5 Å². The van der Waals surface area contributed by atoms with Gasteiger partial charge in [-0.1, -0.05) is 19.2 Å². The molecule has 7 nitrogen and oxygen atoms in total. The Labute approximate surface area is 147 Å². The number of aromatic hydroxyl groups is 1. The first-order chi connectivity index (χ1) is 11.9. The molecule has 0 radical (unpaired) electrons. The Kier molecular flexibility index (Phi) is 5.73. The molecule has 0 aliphatic carbocycles. The van der Waals surface area contributed by atoms with Crippen LogP contribution in [-0.2, 0) is 0 Å². The molecule has 25 heavy (non-hydrogen) atoms. The highest BCUT2D eigenvalue weighted by Gasteiger charge is 2.08. The van der Waals surface area contributed by atoms with E-state index in [2.05, 4.69) is 33.6 Å². The number of phenols is 1. The summed E-state index contributed by atoms with van der Waals surface area (Å²) < 4.78 is 1.78. The van der Waals surface area contributed by atoms with Gasteiger partial charge in [-0.15, -0.1) is 0 Å². The Balaban J connectivity index is 2.38. The molecule has 130 valence electrons. The molecule has 0 spiro atoms. The van der Waals surface area contributed by atoms with Crippen molar-refractivity contribution in [3.63, 3.8) is 0 Å². The molecule has 0 unspecified atom stereocenters. The normalized spacial score (nSPS) is 11.6. The summed E-state index contributed by atoms with van der Waals surface area (Å²) in [6, 6.07) is 6.78. The van der Waals surface area contributed by atoms with E-state index in [-0.39, 0.29) is 5.75 Å². The molecule has 0 aliphatic heterocycles. The van der Waals surface area contributed by atoms with E-state index in [9.17, 15) is 5.11 Å². The van der Waals surface area contributed by atoms with E-state index in [0.717, 1.165) is 0 Å². The van der Waals surface area contributed by atoms with E-state index < -0.39 is 0 Å². The summed E-state index contributed by atoms with van der Waals surface area (Å²) in [6.07, 6.45) is 5.03. The van der Waals surface area contributed by atoms with Crippen LogP contribution in [0.1, 0.15) is 0 Å². The third-order valence-corrected chi connectivity index (χ3v) is 3.29. The molecular weight excluding hydrogens is 316 g/mol. The van der Waals surface area contributed by atoms with Crippen molar-refractivity contribution in [2.24, 2.45) is 10.1 Å². The van der Waals surface area contributed by atoms with E-state index in [1.54, 1.807) is 53.4 Å². The van der Waals surface area contributed by atoms with Crippen LogP contribution in [0.5, 0.6) is 5.75 Å². The Bertz CT molecular complexity index is 879. The molecule has 0 atom stereocenters. The number of phenolic OH excluding ortho intramolecular Hbond substituents is 1. The number of rotatable bonds is 6. The minimum atomic E-state index is 0.168. The van der Waals surface area contributed by atoms with Crippen LogP contribution in [0.3, 0.4) is 0 Å². The molecule has 0 fully saturated rings.